The van der Waals surface area contributed by atoms with Gasteiger partial charge < -0.3 is 10.3 Å². The number of hydrogen-bond acceptors (Lipinski definition) is 4. The molecule has 2 aromatic heterocycles. The minimum atomic E-state index is -0.114. The highest BCUT2D eigenvalue weighted by molar-refractivity contribution is 5.97. The summed E-state index contributed by atoms with van der Waals surface area (Å²) in [7, 11) is 0. The van der Waals surface area contributed by atoms with E-state index in [-0.39, 0.29) is 5.91 Å². The summed E-state index contributed by atoms with van der Waals surface area (Å²) in [6.07, 6.45) is 7.34. The second kappa shape index (κ2) is 5.48. The summed E-state index contributed by atoms with van der Waals surface area (Å²) in [6.45, 7) is 0.555. The molecule has 6 heteroatoms. The Bertz CT molecular complexity index is 723. The average Bonchev–Trinajstić information content (AvgIpc) is 3.00. The van der Waals surface area contributed by atoms with Crippen LogP contribution >= 0.6 is 0 Å². The first-order valence-electron chi connectivity index (χ1n) is 6.29. The lowest BCUT2D eigenvalue weighted by Crippen LogP contribution is -2.25. The Morgan fingerprint density at radius 2 is 2.05 bits per heavy atom. The number of amides is 1. The van der Waals surface area contributed by atoms with Crippen LogP contribution in [0.1, 0.15) is 16.1 Å². The number of imidazole rings is 1. The van der Waals surface area contributed by atoms with Crippen molar-refractivity contribution in [3.8, 4) is 0 Å². The van der Waals surface area contributed by atoms with Crippen molar-refractivity contribution in [3.05, 3.63) is 54.4 Å². The first-order valence-corrected chi connectivity index (χ1v) is 6.29. The molecule has 1 aromatic carbocycles. The Morgan fingerprint density at radius 3 is 2.85 bits per heavy atom. The first-order chi connectivity index (χ1) is 9.83. The van der Waals surface area contributed by atoms with E-state index in [2.05, 4.69) is 25.3 Å². The Hall–Kier alpha value is -2.76. The molecule has 1 amide bonds. The van der Waals surface area contributed by atoms with Gasteiger partial charge in [0, 0.05) is 42.8 Å². The minimum absolute atomic E-state index is 0.114. The van der Waals surface area contributed by atoms with E-state index in [0.29, 0.717) is 17.6 Å². The topological polar surface area (TPSA) is 83.6 Å². The highest BCUT2D eigenvalue weighted by atomic mass is 16.1. The summed E-state index contributed by atoms with van der Waals surface area (Å²) in [5.41, 5.74) is 3.08. The maximum atomic E-state index is 12.0. The Labute approximate surface area is 115 Å². The third kappa shape index (κ3) is 2.64. The van der Waals surface area contributed by atoms with E-state index in [1.165, 1.54) is 0 Å². The lowest BCUT2D eigenvalue weighted by atomic mass is 10.2. The summed E-state index contributed by atoms with van der Waals surface area (Å²) in [6, 6.07) is 5.29. The Morgan fingerprint density at radius 1 is 1.20 bits per heavy atom. The van der Waals surface area contributed by atoms with Gasteiger partial charge in [0.15, 0.2) is 0 Å². The van der Waals surface area contributed by atoms with Gasteiger partial charge in [0.1, 0.15) is 0 Å². The molecular formula is C14H13N5O. The van der Waals surface area contributed by atoms with E-state index in [9.17, 15) is 4.79 Å². The van der Waals surface area contributed by atoms with Gasteiger partial charge in [-0.25, -0.2) is 4.98 Å². The predicted octanol–water partition coefficient (Wildman–Crippen LogP) is 1.33. The molecule has 2 N–H and O–H groups in total. The highest BCUT2D eigenvalue weighted by Gasteiger charge is 2.06. The van der Waals surface area contributed by atoms with Crippen LogP contribution in [0.4, 0.5) is 0 Å². The fourth-order valence-corrected chi connectivity index (χ4v) is 1.94. The molecule has 0 unspecified atom stereocenters. The van der Waals surface area contributed by atoms with Crippen LogP contribution in [0.5, 0.6) is 0 Å². The molecule has 0 spiro atoms. The van der Waals surface area contributed by atoms with Crippen LogP contribution in [-0.4, -0.2) is 32.4 Å². The van der Waals surface area contributed by atoms with Crippen molar-refractivity contribution in [2.75, 3.05) is 6.54 Å². The molecule has 0 atom stereocenters. The SMILES string of the molecule is O=C(NCCc1cnc[nH]1)c1ccc2nccnc2c1. The van der Waals surface area contributed by atoms with Crippen LogP contribution in [0.3, 0.4) is 0 Å². The molecule has 0 radical (unpaired) electrons. The molecule has 0 saturated heterocycles. The van der Waals surface area contributed by atoms with Crippen molar-refractivity contribution in [3.63, 3.8) is 0 Å². The van der Waals surface area contributed by atoms with E-state index in [1.807, 2.05) is 0 Å². The molecular weight excluding hydrogens is 254 g/mol. The molecule has 20 heavy (non-hydrogen) atoms. The zero-order valence-corrected chi connectivity index (χ0v) is 10.7. The van der Waals surface area contributed by atoms with E-state index in [4.69, 9.17) is 0 Å². The van der Waals surface area contributed by atoms with E-state index < -0.39 is 0 Å². The molecule has 0 bridgehead atoms. The van der Waals surface area contributed by atoms with Crippen LogP contribution in [0.25, 0.3) is 11.0 Å². The molecule has 3 aromatic rings. The number of benzene rings is 1. The normalized spacial score (nSPS) is 10.6. The number of aromatic amines is 1. The van der Waals surface area contributed by atoms with Gasteiger partial charge in [-0.3, -0.25) is 14.8 Å². The van der Waals surface area contributed by atoms with Crippen molar-refractivity contribution < 1.29 is 4.79 Å². The van der Waals surface area contributed by atoms with Crippen LogP contribution in [0.15, 0.2) is 43.1 Å². The number of rotatable bonds is 4. The van der Waals surface area contributed by atoms with Gasteiger partial charge in [-0.15, -0.1) is 0 Å². The van der Waals surface area contributed by atoms with E-state index >= 15 is 0 Å². The number of fused-ring (bicyclic) bond motifs is 1. The molecule has 3 rings (SSSR count). The second-order valence-electron chi connectivity index (χ2n) is 4.34. The van der Waals surface area contributed by atoms with Gasteiger partial charge in [0.05, 0.1) is 17.4 Å². The summed E-state index contributed by atoms with van der Waals surface area (Å²) >= 11 is 0. The van der Waals surface area contributed by atoms with Crippen molar-refractivity contribution in [2.45, 2.75) is 6.42 Å². The van der Waals surface area contributed by atoms with Gasteiger partial charge in [0.2, 0.25) is 0 Å². The molecule has 0 saturated carbocycles. The Kier molecular flexibility index (Phi) is 3.36. The zero-order valence-electron chi connectivity index (χ0n) is 10.7. The summed E-state index contributed by atoms with van der Waals surface area (Å²) in [5, 5.41) is 2.87. The molecule has 2 heterocycles. The Balaban J connectivity index is 1.66. The zero-order chi connectivity index (χ0) is 13.8. The first kappa shape index (κ1) is 12.3. The number of H-pyrrole nitrogens is 1. The van der Waals surface area contributed by atoms with Crippen molar-refractivity contribution in [2.24, 2.45) is 0 Å². The number of hydrogen-bond donors (Lipinski definition) is 2. The lowest BCUT2D eigenvalue weighted by molar-refractivity contribution is 0.0954. The third-order valence-electron chi connectivity index (χ3n) is 2.97. The number of carbonyl (C=O) groups is 1. The van der Waals surface area contributed by atoms with Crippen LogP contribution in [0.2, 0.25) is 0 Å². The fraction of sp³-hybridized carbons (Fsp3) is 0.143. The van der Waals surface area contributed by atoms with E-state index in [1.54, 1.807) is 43.1 Å². The van der Waals surface area contributed by atoms with Crippen molar-refractivity contribution >= 4 is 16.9 Å². The molecule has 0 aliphatic rings. The summed E-state index contributed by atoms with van der Waals surface area (Å²) in [5.74, 6) is -0.114. The van der Waals surface area contributed by atoms with Crippen molar-refractivity contribution in [1.82, 2.24) is 25.3 Å². The standard InChI is InChI=1S/C14H13N5O/c20-14(18-4-3-11-8-15-9-19-11)10-1-2-12-13(7-10)17-6-5-16-12/h1-2,5-9H,3-4H2,(H,15,19)(H,18,20). The van der Waals surface area contributed by atoms with Gasteiger partial charge in [-0.05, 0) is 18.2 Å². The van der Waals surface area contributed by atoms with Crippen LogP contribution in [-0.2, 0) is 6.42 Å². The maximum absolute atomic E-state index is 12.0. The second-order valence-corrected chi connectivity index (χ2v) is 4.34. The minimum Gasteiger partial charge on any atom is -0.352 e. The predicted molar refractivity (Wildman–Crippen MR) is 74.2 cm³/mol. The molecule has 0 fully saturated rings. The van der Waals surface area contributed by atoms with Gasteiger partial charge in [0.25, 0.3) is 5.91 Å². The average molecular weight is 267 g/mol. The highest BCUT2D eigenvalue weighted by Crippen LogP contribution is 2.10. The van der Waals surface area contributed by atoms with Crippen molar-refractivity contribution in [1.29, 1.82) is 0 Å². The summed E-state index contributed by atoms with van der Waals surface area (Å²) < 4.78 is 0. The monoisotopic (exact) mass is 267 g/mol. The molecule has 0 aliphatic carbocycles. The number of carbonyl (C=O) groups excluding carboxylic acids is 1. The largest absolute Gasteiger partial charge is 0.352 e. The molecule has 100 valence electrons. The lowest BCUT2D eigenvalue weighted by Gasteiger charge is -2.05. The quantitative estimate of drug-likeness (QED) is 0.747. The number of nitrogens with one attached hydrogen (secondary N) is 2. The van der Waals surface area contributed by atoms with Gasteiger partial charge >= 0.3 is 0 Å². The fourth-order valence-electron chi connectivity index (χ4n) is 1.94. The third-order valence-corrected chi connectivity index (χ3v) is 2.97. The van der Waals surface area contributed by atoms with Crippen LogP contribution in [0, 0.1) is 0 Å². The van der Waals surface area contributed by atoms with Gasteiger partial charge in [-0.1, -0.05) is 0 Å². The maximum Gasteiger partial charge on any atom is 0.251 e. The van der Waals surface area contributed by atoms with Crippen LogP contribution < -0.4 is 5.32 Å². The molecule has 6 nitrogen and oxygen atoms in total. The number of nitrogens with zero attached hydrogens (tertiary/aromatic N) is 3. The van der Waals surface area contributed by atoms with Gasteiger partial charge in [-0.2, -0.15) is 0 Å². The molecule has 0 aliphatic heterocycles. The number of aromatic nitrogens is 4. The summed E-state index contributed by atoms with van der Waals surface area (Å²) in [4.78, 5) is 27.3. The smallest absolute Gasteiger partial charge is 0.251 e. The van der Waals surface area contributed by atoms with E-state index in [0.717, 1.165) is 17.6 Å².